The Hall–Kier alpha value is -0.900. The lowest BCUT2D eigenvalue weighted by molar-refractivity contribution is -0.137. The largest absolute Gasteiger partial charge is 0.418 e. The fourth-order valence-corrected chi connectivity index (χ4v) is 2.17. The molecule has 1 aliphatic rings. The van der Waals surface area contributed by atoms with E-state index in [1.165, 1.54) is 12.1 Å². The topological polar surface area (TPSA) is 12.0 Å². The highest BCUT2D eigenvalue weighted by molar-refractivity contribution is 6.21. The summed E-state index contributed by atoms with van der Waals surface area (Å²) in [4.78, 5) is 0. The van der Waals surface area contributed by atoms with E-state index in [1.54, 1.807) is 6.07 Å². The first kappa shape index (κ1) is 11.6. The molecular formula is C11H11ClF3N. The van der Waals surface area contributed by atoms with Gasteiger partial charge < -0.3 is 5.32 Å². The van der Waals surface area contributed by atoms with Crippen molar-refractivity contribution < 1.29 is 13.2 Å². The summed E-state index contributed by atoms with van der Waals surface area (Å²) in [6.07, 6.45) is -2.88. The first-order valence-electron chi connectivity index (χ1n) is 5.03. The predicted octanol–water partition coefficient (Wildman–Crippen LogP) is 3.89. The Balaban J connectivity index is 2.14. The average Bonchev–Trinajstić information content (AvgIpc) is 2.14. The summed E-state index contributed by atoms with van der Waals surface area (Å²) >= 11 is 5.78. The zero-order chi connectivity index (χ0) is 11.8. The van der Waals surface area contributed by atoms with Gasteiger partial charge in [-0.05, 0) is 25.0 Å². The third-order valence-electron chi connectivity index (χ3n) is 2.67. The number of para-hydroxylation sites is 1. The molecule has 0 bridgehead atoms. The number of hydrogen-bond acceptors (Lipinski definition) is 1. The van der Waals surface area contributed by atoms with Crippen LogP contribution in [0.1, 0.15) is 18.4 Å². The highest BCUT2D eigenvalue weighted by Crippen LogP contribution is 2.36. The molecule has 2 rings (SSSR count). The molecule has 0 aromatic heterocycles. The zero-order valence-corrected chi connectivity index (χ0v) is 9.15. The van der Waals surface area contributed by atoms with Crippen molar-refractivity contribution in [1.29, 1.82) is 0 Å². The van der Waals surface area contributed by atoms with Crippen LogP contribution < -0.4 is 5.32 Å². The minimum atomic E-state index is -4.31. The standard InChI is InChI=1S/C11H11ClF3N/c12-7-5-8(6-7)16-10-4-2-1-3-9(10)11(13,14)15/h1-4,7-8,16H,5-6H2. The van der Waals surface area contributed by atoms with Crippen LogP contribution >= 0.6 is 11.6 Å². The molecule has 1 aromatic carbocycles. The molecule has 0 aliphatic heterocycles. The number of alkyl halides is 4. The van der Waals surface area contributed by atoms with Gasteiger partial charge in [-0.2, -0.15) is 13.2 Å². The van der Waals surface area contributed by atoms with Gasteiger partial charge in [0, 0.05) is 17.1 Å². The highest BCUT2D eigenvalue weighted by Gasteiger charge is 2.35. The summed E-state index contributed by atoms with van der Waals surface area (Å²) in [5, 5.41) is 2.97. The number of halogens is 4. The predicted molar refractivity (Wildman–Crippen MR) is 57.7 cm³/mol. The third kappa shape index (κ3) is 2.43. The molecule has 0 saturated heterocycles. The number of rotatable bonds is 2. The number of benzene rings is 1. The van der Waals surface area contributed by atoms with Gasteiger partial charge in [-0.3, -0.25) is 0 Å². The quantitative estimate of drug-likeness (QED) is 0.784. The van der Waals surface area contributed by atoms with E-state index < -0.39 is 11.7 Å². The molecule has 0 spiro atoms. The highest BCUT2D eigenvalue weighted by atomic mass is 35.5. The van der Waals surface area contributed by atoms with Crippen LogP contribution in [0, 0.1) is 0 Å². The minimum Gasteiger partial charge on any atom is -0.382 e. The second-order valence-corrected chi connectivity index (χ2v) is 4.57. The van der Waals surface area contributed by atoms with Crippen molar-refractivity contribution in [2.24, 2.45) is 0 Å². The maximum absolute atomic E-state index is 12.6. The molecule has 1 aromatic rings. The van der Waals surface area contributed by atoms with Gasteiger partial charge in [0.25, 0.3) is 0 Å². The van der Waals surface area contributed by atoms with Gasteiger partial charge in [0.15, 0.2) is 0 Å². The molecule has 0 unspecified atom stereocenters. The maximum atomic E-state index is 12.6. The van der Waals surface area contributed by atoms with Crippen molar-refractivity contribution in [3.63, 3.8) is 0 Å². The van der Waals surface area contributed by atoms with Crippen LogP contribution in [-0.4, -0.2) is 11.4 Å². The number of nitrogens with one attached hydrogen (secondary N) is 1. The fourth-order valence-electron chi connectivity index (χ4n) is 1.74. The van der Waals surface area contributed by atoms with Crippen LogP contribution in [0.15, 0.2) is 24.3 Å². The van der Waals surface area contributed by atoms with Crippen LogP contribution in [-0.2, 0) is 6.18 Å². The van der Waals surface area contributed by atoms with Crippen molar-refractivity contribution in [3.05, 3.63) is 29.8 Å². The number of anilines is 1. The van der Waals surface area contributed by atoms with Gasteiger partial charge in [0.05, 0.1) is 5.56 Å². The van der Waals surface area contributed by atoms with Crippen molar-refractivity contribution in [3.8, 4) is 0 Å². The van der Waals surface area contributed by atoms with Crippen LogP contribution in [0.4, 0.5) is 18.9 Å². The summed E-state index contributed by atoms with van der Waals surface area (Å²) in [6, 6.07) is 5.57. The summed E-state index contributed by atoms with van der Waals surface area (Å²) in [6.45, 7) is 0. The lowest BCUT2D eigenvalue weighted by Gasteiger charge is -2.33. The van der Waals surface area contributed by atoms with Gasteiger partial charge in [-0.1, -0.05) is 12.1 Å². The molecule has 0 radical (unpaired) electrons. The lowest BCUT2D eigenvalue weighted by atomic mass is 9.92. The molecule has 0 atom stereocenters. The molecule has 1 saturated carbocycles. The van der Waals surface area contributed by atoms with Crippen LogP contribution in [0.5, 0.6) is 0 Å². The summed E-state index contributed by atoms with van der Waals surface area (Å²) in [5.41, 5.74) is -0.475. The van der Waals surface area contributed by atoms with E-state index in [0.29, 0.717) is 12.8 Å². The van der Waals surface area contributed by atoms with Gasteiger partial charge >= 0.3 is 6.18 Å². The van der Waals surface area contributed by atoms with Crippen LogP contribution in [0.25, 0.3) is 0 Å². The Morgan fingerprint density at radius 2 is 1.81 bits per heavy atom. The lowest BCUT2D eigenvalue weighted by Crippen LogP contribution is -2.36. The Kier molecular flexibility index (Phi) is 3.02. The molecule has 1 N–H and O–H groups in total. The Bertz CT molecular complexity index is 372. The van der Waals surface area contributed by atoms with Gasteiger partial charge in [0.2, 0.25) is 0 Å². The van der Waals surface area contributed by atoms with Gasteiger partial charge in [-0.25, -0.2) is 0 Å². The maximum Gasteiger partial charge on any atom is 0.418 e. The van der Waals surface area contributed by atoms with E-state index >= 15 is 0 Å². The van der Waals surface area contributed by atoms with E-state index in [2.05, 4.69) is 5.32 Å². The summed E-state index contributed by atoms with van der Waals surface area (Å²) in [7, 11) is 0. The summed E-state index contributed by atoms with van der Waals surface area (Å²) < 4.78 is 37.9. The molecular weight excluding hydrogens is 239 g/mol. The van der Waals surface area contributed by atoms with E-state index in [4.69, 9.17) is 11.6 Å². The SMILES string of the molecule is FC(F)(F)c1ccccc1NC1CC(Cl)C1. The van der Waals surface area contributed by atoms with E-state index in [1.807, 2.05) is 0 Å². The first-order valence-corrected chi connectivity index (χ1v) is 5.47. The minimum absolute atomic E-state index is 0.0611. The molecule has 5 heteroatoms. The fraction of sp³-hybridized carbons (Fsp3) is 0.455. The van der Waals surface area contributed by atoms with E-state index in [9.17, 15) is 13.2 Å². The van der Waals surface area contributed by atoms with Gasteiger partial charge in [0.1, 0.15) is 0 Å². The van der Waals surface area contributed by atoms with Gasteiger partial charge in [-0.15, -0.1) is 11.6 Å². The number of hydrogen-bond donors (Lipinski definition) is 1. The first-order chi connectivity index (χ1) is 7.47. The van der Waals surface area contributed by atoms with Crippen molar-refractivity contribution in [2.75, 3.05) is 5.32 Å². The molecule has 0 heterocycles. The van der Waals surface area contributed by atoms with Crippen molar-refractivity contribution in [1.82, 2.24) is 0 Å². The normalized spacial score (nSPS) is 25.0. The smallest absolute Gasteiger partial charge is 0.382 e. The van der Waals surface area contributed by atoms with Crippen LogP contribution in [0.3, 0.4) is 0 Å². The Labute approximate surface area is 96.6 Å². The third-order valence-corrected chi connectivity index (χ3v) is 3.03. The van der Waals surface area contributed by atoms with Crippen molar-refractivity contribution in [2.45, 2.75) is 30.4 Å². The zero-order valence-electron chi connectivity index (χ0n) is 8.39. The van der Waals surface area contributed by atoms with Crippen molar-refractivity contribution >= 4 is 17.3 Å². The molecule has 0 amide bonds. The van der Waals surface area contributed by atoms with E-state index in [0.717, 1.165) is 6.07 Å². The molecule has 16 heavy (non-hydrogen) atoms. The Morgan fingerprint density at radius 3 is 2.38 bits per heavy atom. The molecule has 1 nitrogen and oxygen atoms in total. The average molecular weight is 250 g/mol. The second-order valence-electron chi connectivity index (χ2n) is 3.95. The Morgan fingerprint density at radius 1 is 1.19 bits per heavy atom. The molecule has 88 valence electrons. The molecule has 1 fully saturated rings. The van der Waals surface area contributed by atoms with Crippen LogP contribution in [0.2, 0.25) is 0 Å². The van der Waals surface area contributed by atoms with E-state index in [-0.39, 0.29) is 17.1 Å². The molecule has 1 aliphatic carbocycles. The summed E-state index contributed by atoms with van der Waals surface area (Å²) in [5.74, 6) is 0. The second kappa shape index (κ2) is 4.17. The monoisotopic (exact) mass is 249 g/mol.